The fourth-order valence-electron chi connectivity index (χ4n) is 2.36. The second-order valence-electron chi connectivity index (χ2n) is 4.69. The third kappa shape index (κ3) is 2.32. The molecule has 1 amide bonds. The maximum absolute atomic E-state index is 12.1. The van der Waals surface area contributed by atoms with Crippen LogP contribution in [0.2, 0.25) is 0 Å². The maximum Gasteiger partial charge on any atom is 0.253 e. The zero-order valence-electron chi connectivity index (χ0n) is 10.4. The molecule has 2 atom stereocenters. The van der Waals surface area contributed by atoms with Crippen molar-refractivity contribution >= 4 is 22.5 Å². The van der Waals surface area contributed by atoms with Crippen LogP contribution >= 0.6 is 0 Å². The van der Waals surface area contributed by atoms with Crippen LogP contribution < -0.4 is 11.1 Å². The number of hydrogen-bond donors (Lipinski definition) is 3. The molecule has 0 aliphatic carbocycles. The number of aromatic nitrogens is 2. The number of amides is 1. The Kier molecular flexibility index (Phi) is 3.18. The first-order valence-electron chi connectivity index (χ1n) is 6.36. The van der Waals surface area contributed by atoms with Gasteiger partial charge in [0, 0.05) is 11.9 Å². The first-order valence-corrected chi connectivity index (χ1v) is 6.36. The van der Waals surface area contributed by atoms with E-state index in [4.69, 9.17) is 10.5 Å². The molecule has 1 aliphatic heterocycles. The Hall–Kier alpha value is -1.92. The summed E-state index contributed by atoms with van der Waals surface area (Å²) in [5, 5.41) is 10.6. The monoisotopic (exact) mass is 260 g/mol. The van der Waals surface area contributed by atoms with E-state index >= 15 is 0 Å². The van der Waals surface area contributed by atoms with Gasteiger partial charge in [0.2, 0.25) is 0 Å². The van der Waals surface area contributed by atoms with Crippen molar-refractivity contribution < 1.29 is 9.53 Å². The van der Waals surface area contributed by atoms with Crippen LogP contribution in [0.25, 0.3) is 10.9 Å². The van der Waals surface area contributed by atoms with E-state index in [1.54, 1.807) is 6.20 Å². The molecule has 1 aromatic heterocycles. The quantitative estimate of drug-likeness (QED) is 0.767. The molecule has 1 aliphatic rings. The first-order chi connectivity index (χ1) is 9.28. The fraction of sp³-hybridized carbons (Fsp3) is 0.385. The second-order valence-corrected chi connectivity index (χ2v) is 4.69. The molecular formula is C13H16N4O2. The van der Waals surface area contributed by atoms with Crippen molar-refractivity contribution in [1.29, 1.82) is 0 Å². The van der Waals surface area contributed by atoms with E-state index in [1.165, 1.54) is 0 Å². The lowest BCUT2D eigenvalue weighted by Crippen LogP contribution is -2.29. The molecule has 1 saturated heterocycles. The number of benzene rings is 1. The van der Waals surface area contributed by atoms with Crippen LogP contribution in [0.3, 0.4) is 0 Å². The number of nitrogens with one attached hydrogen (secondary N) is 2. The van der Waals surface area contributed by atoms with Crippen LogP contribution in [0.5, 0.6) is 0 Å². The number of carbonyl (C=O) groups is 1. The molecule has 0 bridgehead atoms. The molecule has 1 fully saturated rings. The average molecular weight is 260 g/mol. The number of ether oxygens (including phenoxy) is 1. The normalized spacial score (nSPS) is 22.8. The highest BCUT2D eigenvalue weighted by Crippen LogP contribution is 2.24. The van der Waals surface area contributed by atoms with Crippen LogP contribution in [0.1, 0.15) is 12.8 Å². The lowest BCUT2D eigenvalue weighted by Gasteiger charge is -2.13. The Balaban J connectivity index is 1.74. The molecule has 2 unspecified atom stereocenters. The standard InChI is InChI=1S/C13H16N4O2/c14-6-8-4-5-12(19-8)13(18)16-10-2-1-3-11-9(10)7-15-17-11/h1-3,7-8,12H,4-6,14H2,(H,15,17)(H,16,18). The van der Waals surface area contributed by atoms with Crippen LogP contribution in [-0.4, -0.2) is 34.9 Å². The van der Waals surface area contributed by atoms with Gasteiger partial charge in [0.15, 0.2) is 0 Å². The van der Waals surface area contributed by atoms with E-state index in [0.29, 0.717) is 6.54 Å². The number of hydrogen-bond acceptors (Lipinski definition) is 4. The SMILES string of the molecule is NCC1CCC(C(=O)Nc2cccc3[nH]ncc23)O1. The summed E-state index contributed by atoms with van der Waals surface area (Å²) in [4.78, 5) is 12.1. The third-order valence-corrected chi connectivity index (χ3v) is 3.41. The van der Waals surface area contributed by atoms with Gasteiger partial charge in [0.25, 0.3) is 5.91 Å². The lowest BCUT2D eigenvalue weighted by molar-refractivity contribution is -0.126. The number of fused-ring (bicyclic) bond motifs is 1. The smallest absolute Gasteiger partial charge is 0.253 e. The van der Waals surface area contributed by atoms with Crippen LogP contribution in [-0.2, 0) is 9.53 Å². The Morgan fingerprint density at radius 2 is 2.42 bits per heavy atom. The Morgan fingerprint density at radius 1 is 1.53 bits per heavy atom. The molecule has 4 N–H and O–H groups in total. The summed E-state index contributed by atoms with van der Waals surface area (Å²) in [6.45, 7) is 0.459. The molecule has 2 aromatic rings. The fourth-order valence-corrected chi connectivity index (χ4v) is 2.36. The predicted molar refractivity (Wildman–Crippen MR) is 71.7 cm³/mol. The first kappa shape index (κ1) is 12.1. The molecule has 0 spiro atoms. The number of nitrogens with zero attached hydrogens (tertiary/aromatic N) is 1. The summed E-state index contributed by atoms with van der Waals surface area (Å²) >= 11 is 0. The minimum atomic E-state index is -0.407. The summed E-state index contributed by atoms with van der Waals surface area (Å²) in [7, 11) is 0. The molecule has 1 aromatic carbocycles. The van der Waals surface area contributed by atoms with Gasteiger partial charge < -0.3 is 15.8 Å². The Morgan fingerprint density at radius 3 is 3.21 bits per heavy atom. The van der Waals surface area contributed by atoms with Crippen molar-refractivity contribution in [2.75, 3.05) is 11.9 Å². The molecule has 0 saturated carbocycles. The number of nitrogens with two attached hydrogens (primary N) is 1. The van der Waals surface area contributed by atoms with Crippen LogP contribution in [0.4, 0.5) is 5.69 Å². The molecule has 0 radical (unpaired) electrons. The highest BCUT2D eigenvalue weighted by atomic mass is 16.5. The van der Waals surface area contributed by atoms with Gasteiger partial charge >= 0.3 is 0 Å². The third-order valence-electron chi connectivity index (χ3n) is 3.41. The highest BCUT2D eigenvalue weighted by molar-refractivity contribution is 6.02. The lowest BCUT2D eigenvalue weighted by atomic mass is 10.1. The minimum absolute atomic E-state index is 0.000433. The largest absolute Gasteiger partial charge is 0.364 e. The molecule has 2 heterocycles. The minimum Gasteiger partial charge on any atom is -0.364 e. The van der Waals surface area contributed by atoms with Gasteiger partial charge in [-0.2, -0.15) is 5.10 Å². The predicted octanol–water partition coefficient (Wildman–Crippen LogP) is 1.01. The number of rotatable bonds is 3. The summed E-state index contributed by atoms with van der Waals surface area (Å²) in [5.74, 6) is -0.121. The molecular weight excluding hydrogens is 244 g/mol. The zero-order chi connectivity index (χ0) is 13.2. The van der Waals surface area contributed by atoms with Gasteiger partial charge in [0.1, 0.15) is 6.10 Å². The van der Waals surface area contributed by atoms with Crippen molar-refractivity contribution in [2.45, 2.75) is 25.0 Å². The van der Waals surface area contributed by atoms with Crippen molar-refractivity contribution in [3.63, 3.8) is 0 Å². The molecule has 3 rings (SSSR count). The van der Waals surface area contributed by atoms with E-state index in [1.807, 2.05) is 18.2 Å². The number of aromatic amines is 1. The second kappa shape index (κ2) is 4.99. The number of H-pyrrole nitrogens is 1. The summed E-state index contributed by atoms with van der Waals surface area (Å²) in [6, 6.07) is 5.63. The summed E-state index contributed by atoms with van der Waals surface area (Å²) < 4.78 is 5.58. The van der Waals surface area contributed by atoms with Crippen molar-refractivity contribution in [3.8, 4) is 0 Å². The van der Waals surface area contributed by atoms with Crippen LogP contribution in [0, 0.1) is 0 Å². The van der Waals surface area contributed by atoms with E-state index in [0.717, 1.165) is 29.4 Å². The van der Waals surface area contributed by atoms with E-state index in [2.05, 4.69) is 15.5 Å². The van der Waals surface area contributed by atoms with Crippen LogP contribution in [0.15, 0.2) is 24.4 Å². The maximum atomic E-state index is 12.1. The van der Waals surface area contributed by atoms with Gasteiger partial charge in [-0.15, -0.1) is 0 Å². The summed E-state index contributed by atoms with van der Waals surface area (Å²) in [6.07, 6.45) is 2.85. The van der Waals surface area contributed by atoms with Gasteiger partial charge in [-0.25, -0.2) is 0 Å². The van der Waals surface area contributed by atoms with Crippen molar-refractivity contribution in [1.82, 2.24) is 10.2 Å². The Bertz CT molecular complexity index is 595. The van der Waals surface area contributed by atoms with Gasteiger partial charge in [-0.3, -0.25) is 9.89 Å². The molecule has 6 heteroatoms. The topological polar surface area (TPSA) is 93.0 Å². The number of anilines is 1. The zero-order valence-corrected chi connectivity index (χ0v) is 10.4. The Labute approximate surface area is 110 Å². The highest BCUT2D eigenvalue weighted by Gasteiger charge is 2.30. The van der Waals surface area contributed by atoms with Gasteiger partial charge in [0.05, 0.1) is 23.5 Å². The molecule has 19 heavy (non-hydrogen) atoms. The summed E-state index contributed by atoms with van der Waals surface area (Å²) in [5.41, 5.74) is 7.18. The van der Waals surface area contributed by atoms with Crippen molar-refractivity contribution in [3.05, 3.63) is 24.4 Å². The van der Waals surface area contributed by atoms with Gasteiger partial charge in [-0.05, 0) is 25.0 Å². The molecule has 100 valence electrons. The molecule has 6 nitrogen and oxygen atoms in total. The van der Waals surface area contributed by atoms with Crippen molar-refractivity contribution in [2.24, 2.45) is 5.73 Å². The van der Waals surface area contributed by atoms with E-state index in [9.17, 15) is 4.79 Å². The van der Waals surface area contributed by atoms with E-state index in [-0.39, 0.29) is 12.0 Å². The number of carbonyl (C=O) groups excluding carboxylic acids is 1. The van der Waals surface area contributed by atoms with E-state index < -0.39 is 6.10 Å². The average Bonchev–Trinajstić information content (AvgIpc) is 3.08. The van der Waals surface area contributed by atoms with Gasteiger partial charge in [-0.1, -0.05) is 6.07 Å².